The molecule has 2 N–H and O–H groups in total. The van der Waals surface area contributed by atoms with Gasteiger partial charge in [0.1, 0.15) is 0 Å². The van der Waals surface area contributed by atoms with Crippen LogP contribution in [0.25, 0.3) is 0 Å². The van der Waals surface area contributed by atoms with Crippen LogP contribution >= 0.6 is 11.3 Å². The lowest BCUT2D eigenvalue weighted by Crippen LogP contribution is -2.53. The van der Waals surface area contributed by atoms with E-state index in [1.165, 1.54) is 10.6 Å². The minimum absolute atomic E-state index is 0.00969. The van der Waals surface area contributed by atoms with Crippen molar-refractivity contribution in [3.63, 3.8) is 0 Å². The van der Waals surface area contributed by atoms with E-state index in [1.807, 2.05) is 37.3 Å². The molecule has 1 aliphatic heterocycles. The molecule has 0 radical (unpaired) electrons. The van der Waals surface area contributed by atoms with E-state index < -0.39 is 11.8 Å². The van der Waals surface area contributed by atoms with E-state index in [1.54, 1.807) is 17.5 Å². The second-order valence-electron chi connectivity index (χ2n) is 8.08. The number of benzene rings is 1. The summed E-state index contributed by atoms with van der Waals surface area (Å²) in [4.78, 5) is 35.1. The van der Waals surface area contributed by atoms with E-state index in [2.05, 4.69) is 61.1 Å². The fraction of sp³-hybridized carbons (Fsp3) is 0.320. The lowest BCUT2D eigenvalue weighted by molar-refractivity contribution is -0.140. The van der Waals surface area contributed by atoms with Crippen molar-refractivity contribution in [3.05, 3.63) is 82.8 Å². The van der Waals surface area contributed by atoms with Gasteiger partial charge in [0.2, 0.25) is 0 Å². The first kappa shape index (κ1) is 22.9. The van der Waals surface area contributed by atoms with Crippen molar-refractivity contribution in [1.29, 1.82) is 0 Å². The van der Waals surface area contributed by atoms with Crippen LogP contribution in [0.1, 0.15) is 23.5 Å². The van der Waals surface area contributed by atoms with Gasteiger partial charge in [0, 0.05) is 49.0 Å². The number of para-hydroxylation sites is 1. The quantitative estimate of drug-likeness (QED) is 0.527. The second-order valence-corrected chi connectivity index (χ2v) is 9.06. The molecule has 2 atom stereocenters. The number of anilines is 1. The molecule has 0 unspecified atom stereocenters. The van der Waals surface area contributed by atoms with Gasteiger partial charge in [-0.25, -0.2) is 0 Å². The minimum Gasteiger partial charge on any atom is -0.369 e. The molecule has 7 nitrogen and oxygen atoms in total. The SMILES string of the molecule is C[C@H](NC(=O)C(=O)NCc1ccccn1)[C@@H](c1cccs1)N1CCN(c2ccccc2)CC1. The summed E-state index contributed by atoms with van der Waals surface area (Å²) in [6.45, 7) is 5.77. The van der Waals surface area contributed by atoms with Crippen LogP contribution in [-0.2, 0) is 16.1 Å². The number of pyridine rings is 1. The molecular formula is C25H29N5O2S. The van der Waals surface area contributed by atoms with Crippen molar-refractivity contribution < 1.29 is 9.59 Å². The van der Waals surface area contributed by atoms with Gasteiger partial charge in [-0.15, -0.1) is 11.3 Å². The number of aromatic nitrogens is 1. The topological polar surface area (TPSA) is 77.6 Å². The van der Waals surface area contributed by atoms with E-state index >= 15 is 0 Å². The molecule has 2 amide bonds. The number of amides is 2. The summed E-state index contributed by atoms with van der Waals surface area (Å²) < 4.78 is 0. The maximum atomic E-state index is 12.6. The third kappa shape index (κ3) is 5.97. The minimum atomic E-state index is -0.647. The molecular weight excluding hydrogens is 434 g/mol. The van der Waals surface area contributed by atoms with Gasteiger partial charge in [0.05, 0.1) is 18.3 Å². The van der Waals surface area contributed by atoms with Gasteiger partial charge in [-0.05, 0) is 42.6 Å². The van der Waals surface area contributed by atoms with Gasteiger partial charge in [-0.2, -0.15) is 0 Å². The Morgan fingerprint density at radius 1 is 0.970 bits per heavy atom. The zero-order valence-electron chi connectivity index (χ0n) is 18.7. The first-order valence-corrected chi connectivity index (χ1v) is 12.1. The van der Waals surface area contributed by atoms with Crippen LogP contribution in [0.4, 0.5) is 5.69 Å². The van der Waals surface area contributed by atoms with Gasteiger partial charge in [-0.1, -0.05) is 30.3 Å². The van der Waals surface area contributed by atoms with Crippen molar-refractivity contribution in [3.8, 4) is 0 Å². The van der Waals surface area contributed by atoms with Crippen LogP contribution in [0, 0.1) is 0 Å². The average molecular weight is 464 g/mol. The van der Waals surface area contributed by atoms with Crippen LogP contribution in [-0.4, -0.2) is 53.9 Å². The molecule has 0 bridgehead atoms. The summed E-state index contributed by atoms with van der Waals surface area (Å²) in [7, 11) is 0. The summed E-state index contributed by atoms with van der Waals surface area (Å²) >= 11 is 1.68. The fourth-order valence-electron chi connectivity index (χ4n) is 4.20. The van der Waals surface area contributed by atoms with Crippen molar-refractivity contribution in [1.82, 2.24) is 20.5 Å². The lowest BCUT2D eigenvalue weighted by atomic mass is 10.0. The largest absolute Gasteiger partial charge is 0.369 e. The normalized spacial score (nSPS) is 16.1. The van der Waals surface area contributed by atoms with Crippen LogP contribution < -0.4 is 15.5 Å². The summed E-state index contributed by atoms with van der Waals surface area (Å²) in [5.41, 5.74) is 1.94. The highest BCUT2D eigenvalue weighted by Crippen LogP contribution is 2.30. The Balaban J connectivity index is 1.37. The highest BCUT2D eigenvalue weighted by molar-refractivity contribution is 7.10. The number of hydrogen-bond donors (Lipinski definition) is 2. The summed E-state index contributed by atoms with van der Waals surface area (Å²) in [5.74, 6) is -1.27. The van der Waals surface area contributed by atoms with Gasteiger partial charge in [0.25, 0.3) is 0 Å². The van der Waals surface area contributed by atoms with Crippen LogP contribution in [0.5, 0.6) is 0 Å². The Bertz CT molecular complexity index is 1020. The summed E-state index contributed by atoms with van der Waals surface area (Å²) in [5, 5.41) is 7.63. The molecule has 172 valence electrons. The number of carbonyl (C=O) groups excluding carboxylic acids is 2. The number of rotatable bonds is 7. The molecule has 3 heterocycles. The van der Waals surface area contributed by atoms with Crippen LogP contribution in [0.15, 0.2) is 72.2 Å². The Morgan fingerprint density at radius 2 is 1.73 bits per heavy atom. The monoisotopic (exact) mass is 463 g/mol. The van der Waals surface area contributed by atoms with Crippen LogP contribution in [0.2, 0.25) is 0 Å². The predicted octanol–water partition coefficient (Wildman–Crippen LogP) is 2.83. The maximum Gasteiger partial charge on any atom is 0.309 e. The maximum absolute atomic E-state index is 12.6. The van der Waals surface area contributed by atoms with Crippen molar-refractivity contribution >= 4 is 28.8 Å². The Hall–Kier alpha value is -3.23. The molecule has 1 aliphatic rings. The molecule has 0 aliphatic carbocycles. The smallest absolute Gasteiger partial charge is 0.309 e. The first-order chi connectivity index (χ1) is 16.1. The van der Waals surface area contributed by atoms with E-state index in [0.717, 1.165) is 26.2 Å². The molecule has 0 spiro atoms. The lowest BCUT2D eigenvalue weighted by Gasteiger charge is -2.42. The molecule has 2 aromatic heterocycles. The summed E-state index contributed by atoms with van der Waals surface area (Å²) in [6.07, 6.45) is 1.66. The average Bonchev–Trinajstić information content (AvgIpc) is 3.38. The Labute approximate surface area is 198 Å². The summed E-state index contributed by atoms with van der Waals surface area (Å²) in [6, 6.07) is 19.8. The second kappa shape index (κ2) is 11.1. The van der Waals surface area contributed by atoms with Crippen LogP contribution in [0.3, 0.4) is 0 Å². The highest BCUT2D eigenvalue weighted by Gasteiger charge is 2.31. The van der Waals surface area contributed by atoms with Crippen molar-refractivity contribution in [2.24, 2.45) is 0 Å². The van der Waals surface area contributed by atoms with E-state index in [4.69, 9.17) is 0 Å². The van der Waals surface area contributed by atoms with E-state index in [-0.39, 0.29) is 18.6 Å². The molecule has 4 rings (SSSR count). The van der Waals surface area contributed by atoms with Crippen molar-refractivity contribution in [2.75, 3.05) is 31.1 Å². The number of carbonyl (C=O) groups is 2. The van der Waals surface area contributed by atoms with Gasteiger partial charge in [-0.3, -0.25) is 19.5 Å². The third-order valence-electron chi connectivity index (χ3n) is 5.86. The van der Waals surface area contributed by atoms with Gasteiger partial charge < -0.3 is 15.5 Å². The molecule has 3 aromatic rings. The van der Waals surface area contributed by atoms with Crippen molar-refractivity contribution in [2.45, 2.75) is 25.6 Å². The molecule has 1 fully saturated rings. The van der Waals surface area contributed by atoms with Gasteiger partial charge >= 0.3 is 11.8 Å². The molecule has 8 heteroatoms. The first-order valence-electron chi connectivity index (χ1n) is 11.2. The standard InChI is InChI=1S/C25H29N5O2S/c1-19(28-25(32)24(31)27-18-20-8-5-6-12-26-20)23(22-11-7-17-33-22)30-15-13-29(14-16-30)21-9-3-2-4-10-21/h2-12,17,19,23H,13-16,18H2,1H3,(H,27,31)(H,28,32)/t19-,23-/m0/s1. The molecule has 1 aromatic carbocycles. The Kier molecular flexibility index (Phi) is 7.70. The molecule has 1 saturated heterocycles. The van der Waals surface area contributed by atoms with E-state index in [9.17, 15) is 9.59 Å². The molecule has 0 saturated carbocycles. The Morgan fingerprint density at radius 3 is 2.39 bits per heavy atom. The fourth-order valence-corrected chi connectivity index (χ4v) is 5.17. The number of nitrogens with one attached hydrogen (secondary N) is 2. The third-order valence-corrected chi connectivity index (χ3v) is 6.80. The molecule has 33 heavy (non-hydrogen) atoms. The van der Waals surface area contributed by atoms with E-state index in [0.29, 0.717) is 5.69 Å². The zero-order chi connectivity index (χ0) is 23.0. The number of piperazine rings is 1. The zero-order valence-corrected chi connectivity index (χ0v) is 19.5. The number of hydrogen-bond acceptors (Lipinski definition) is 6. The highest BCUT2D eigenvalue weighted by atomic mass is 32.1. The van der Waals surface area contributed by atoms with Gasteiger partial charge in [0.15, 0.2) is 0 Å². The number of thiophene rings is 1. The number of nitrogens with zero attached hydrogens (tertiary/aromatic N) is 3. The predicted molar refractivity (Wildman–Crippen MR) is 131 cm³/mol.